The molecule has 7 heteroatoms. The van der Waals surface area contributed by atoms with Crippen LogP contribution in [0.25, 0.3) is 0 Å². The molecule has 1 N–H and O–H groups in total. The number of piperazine rings is 2. The van der Waals surface area contributed by atoms with E-state index >= 15 is 0 Å². The summed E-state index contributed by atoms with van der Waals surface area (Å²) in [6.07, 6.45) is -0.204. The van der Waals surface area contributed by atoms with Crippen molar-refractivity contribution in [2.75, 3.05) is 57.3 Å². The highest BCUT2D eigenvalue weighted by molar-refractivity contribution is 14.1. The van der Waals surface area contributed by atoms with Crippen LogP contribution >= 0.6 is 22.6 Å². The van der Waals surface area contributed by atoms with Crippen LogP contribution < -0.4 is 10.2 Å². The number of nitrogens with one attached hydrogen (secondary N) is 1. The van der Waals surface area contributed by atoms with Gasteiger partial charge in [0, 0.05) is 68.2 Å². The van der Waals surface area contributed by atoms with Gasteiger partial charge in [0.1, 0.15) is 5.60 Å². The fourth-order valence-corrected chi connectivity index (χ4v) is 4.23. The molecule has 1 aromatic carbocycles. The summed E-state index contributed by atoms with van der Waals surface area (Å²) in [7, 11) is 0. The Balaban J connectivity index is 1.59. The third kappa shape index (κ3) is 6.22. The van der Waals surface area contributed by atoms with Crippen molar-refractivity contribution in [3.63, 3.8) is 0 Å². The quantitative estimate of drug-likeness (QED) is 0.667. The van der Waals surface area contributed by atoms with E-state index in [9.17, 15) is 4.79 Å². The SMILES string of the molecule is CC(C)(C)OC(=O)N1CCN(c2cc(I)cc(CN3CCNCC3)c2)CC1. The first-order valence-corrected chi connectivity index (χ1v) is 10.8. The van der Waals surface area contributed by atoms with Gasteiger partial charge < -0.3 is 19.9 Å². The number of carbonyl (C=O) groups excluding carboxylic acids is 1. The number of hydrogen-bond acceptors (Lipinski definition) is 5. The molecule has 0 atom stereocenters. The van der Waals surface area contributed by atoms with Crippen LogP contribution in [0.4, 0.5) is 10.5 Å². The van der Waals surface area contributed by atoms with Crippen LogP contribution in [0.15, 0.2) is 18.2 Å². The maximum atomic E-state index is 12.3. The van der Waals surface area contributed by atoms with Gasteiger partial charge in [0.2, 0.25) is 0 Å². The highest BCUT2D eigenvalue weighted by Crippen LogP contribution is 2.23. The lowest BCUT2D eigenvalue weighted by Gasteiger charge is -2.37. The van der Waals surface area contributed by atoms with Crippen molar-refractivity contribution in [1.29, 1.82) is 0 Å². The van der Waals surface area contributed by atoms with Crippen LogP contribution in [0, 0.1) is 3.57 Å². The van der Waals surface area contributed by atoms with Crippen molar-refractivity contribution in [2.45, 2.75) is 32.9 Å². The van der Waals surface area contributed by atoms with Gasteiger partial charge in [-0.1, -0.05) is 0 Å². The largest absolute Gasteiger partial charge is 0.444 e. The zero-order valence-electron chi connectivity index (χ0n) is 16.6. The van der Waals surface area contributed by atoms with Gasteiger partial charge in [0.25, 0.3) is 0 Å². The summed E-state index contributed by atoms with van der Waals surface area (Å²) in [5.41, 5.74) is 2.19. The molecule has 150 valence electrons. The Morgan fingerprint density at radius 2 is 1.74 bits per heavy atom. The molecular weight excluding hydrogens is 455 g/mol. The molecule has 0 aliphatic carbocycles. The van der Waals surface area contributed by atoms with Crippen molar-refractivity contribution < 1.29 is 9.53 Å². The molecule has 2 aliphatic rings. The highest BCUT2D eigenvalue weighted by atomic mass is 127. The van der Waals surface area contributed by atoms with Crippen LogP contribution in [-0.2, 0) is 11.3 Å². The second-order valence-electron chi connectivity index (χ2n) is 8.30. The maximum Gasteiger partial charge on any atom is 0.410 e. The summed E-state index contributed by atoms with van der Waals surface area (Å²) < 4.78 is 6.77. The summed E-state index contributed by atoms with van der Waals surface area (Å²) in [4.78, 5) is 19.0. The fourth-order valence-electron chi connectivity index (χ4n) is 3.51. The molecule has 0 saturated carbocycles. The van der Waals surface area contributed by atoms with Crippen molar-refractivity contribution in [3.8, 4) is 0 Å². The number of anilines is 1. The minimum absolute atomic E-state index is 0.204. The smallest absolute Gasteiger partial charge is 0.410 e. The van der Waals surface area contributed by atoms with Crippen molar-refractivity contribution in [2.24, 2.45) is 0 Å². The van der Waals surface area contributed by atoms with Gasteiger partial charge in [-0.25, -0.2) is 4.79 Å². The van der Waals surface area contributed by atoms with E-state index in [2.05, 4.69) is 55.9 Å². The Labute approximate surface area is 176 Å². The Morgan fingerprint density at radius 3 is 2.37 bits per heavy atom. The first kappa shape index (κ1) is 20.7. The molecule has 2 heterocycles. The van der Waals surface area contributed by atoms with E-state index < -0.39 is 5.60 Å². The molecule has 2 fully saturated rings. The maximum absolute atomic E-state index is 12.3. The molecule has 0 unspecified atom stereocenters. The summed E-state index contributed by atoms with van der Waals surface area (Å²) in [6.45, 7) is 14.2. The number of amides is 1. The van der Waals surface area contributed by atoms with E-state index in [1.54, 1.807) is 0 Å². The van der Waals surface area contributed by atoms with Gasteiger partial charge in [-0.2, -0.15) is 0 Å². The molecule has 0 aromatic heterocycles. The van der Waals surface area contributed by atoms with E-state index in [0.29, 0.717) is 13.1 Å². The zero-order chi connectivity index (χ0) is 19.4. The third-order valence-corrected chi connectivity index (χ3v) is 5.48. The Hall–Kier alpha value is -1.06. The predicted molar refractivity (Wildman–Crippen MR) is 117 cm³/mol. The highest BCUT2D eigenvalue weighted by Gasteiger charge is 2.26. The third-order valence-electron chi connectivity index (χ3n) is 4.85. The fraction of sp³-hybridized carbons (Fsp3) is 0.650. The number of benzene rings is 1. The number of carbonyl (C=O) groups is 1. The van der Waals surface area contributed by atoms with Crippen LogP contribution in [0.1, 0.15) is 26.3 Å². The molecule has 27 heavy (non-hydrogen) atoms. The van der Waals surface area contributed by atoms with Crippen molar-refractivity contribution in [3.05, 3.63) is 27.3 Å². The average Bonchev–Trinajstić information content (AvgIpc) is 2.61. The minimum atomic E-state index is -0.442. The zero-order valence-corrected chi connectivity index (χ0v) is 18.8. The molecule has 3 rings (SSSR count). The number of ether oxygens (including phenoxy) is 1. The second-order valence-corrected chi connectivity index (χ2v) is 9.54. The first-order valence-electron chi connectivity index (χ1n) is 9.75. The Morgan fingerprint density at radius 1 is 1.07 bits per heavy atom. The van der Waals surface area contributed by atoms with E-state index in [1.807, 2.05) is 25.7 Å². The van der Waals surface area contributed by atoms with E-state index in [0.717, 1.165) is 45.8 Å². The molecule has 0 bridgehead atoms. The monoisotopic (exact) mass is 486 g/mol. The average molecular weight is 486 g/mol. The van der Waals surface area contributed by atoms with Gasteiger partial charge in [-0.3, -0.25) is 4.90 Å². The van der Waals surface area contributed by atoms with Crippen molar-refractivity contribution >= 4 is 34.4 Å². The summed E-state index contributed by atoms with van der Waals surface area (Å²) >= 11 is 2.41. The van der Waals surface area contributed by atoms with Gasteiger partial charge in [0.15, 0.2) is 0 Å². The molecule has 0 radical (unpaired) electrons. The van der Waals surface area contributed by atoms with Crippen LogP contribution in [-0.4, -0.2) is 73.9 Å². The summed E-state index contributed by atoms with van der Waals surface area (Å²) in [5.74, 6) is 0. The molecule has 6 nitrogen and oxygen atoms in total. The van der Waals surface area contributed by atoms with Gasteiger partial charge in [-0.15, -0.1) is 0 Å². The van der Waals surface area contributed by atoms with Crippen LogP contribution in [0.3, 0.4) is 0 Å². The van der Waals surface area contributed by atoms with E-state index in [4.69, 9.17) is 4.74 Å². The molecule has 1 aromatic rings. The normalized spacial score (nSPS) is 19.3. The van der Waals surface area contributed by atoms with Gasteiger partial charge >= 0.3 is 6.09 Å². The Bertz CT molecular complexity index is 648. The number of hydrogen-bond donors (Lipinski definition) is 1. The predicted octanol–water partition coefficient (Wildman–Crippen LogP) is 2.75. The second kappa shape index (κ2) is 8.96. The first-order chi connectivity index (χ1) is 12.8. The molecule has 2 aliphatic heterocycles. The molecule has 0 spiro atoms. The summed E-state index contributed by atoms with van der Waals surface area (Å²) in [6, 6.07) is 6.83. The molecule has 2 saturated heterocycles. The van der Waals surface area contributed by atoms with E-state index in [-0.39, 0.29) is 6.09 Å². The van der Waals surface area contributed by atoms with E-state index in [1.165, 1.54) is 14.8 Å². The molecule has 1 amide bonds. The lowest BCUT2D eigenvalue weighted by Crippen LogP contribution is -2.50. The van der Waals surface area contributed by atoms with Gasteiger partial charge in [0.05, 0.1) is 0 Å². The lowest BCUT2D eigenvalue weighted by atomic mass is 10.1. The lowest BCUT2D eigenvalue weighted by molar-refractivity contribution is 0.0240. The standard InChI is InChI=1S/C20H31IN4O2/c1-20(2,3)27-19(26)25-10-8-24(9-11-25)18-13-16(12-17(21)14-18)15-23-6-4-22-5-7-23/h12-14,22H,4-11,15H2,1-3H3. The van der Waals surface area contributed by atoms with Crippen molar-refractivity contribution in [1.82, 2.24) is 15.1 Å². The van der Waals surface area contributed by atoms with Crippen LogP contribution in [0.5, 0.6) is 0 Å². The Kier molecular flexibility index (Phi) is 6.86. The molecular formula is C20H31IN4O2. The minimum Gasteiger partial charge on any atom is -0.444 e. The number of halogens is 1. The number of nitrogens with zero attached hydrogens (tertiary/aromatic N) is 3. The topological polar surface area (TPSA) is 48.1 Å². The van der Waals surface area contributed by atoms with Crippen LogP contribution in [0.2, 0.25) is 0 Å². The van der Waals surface area contributed by atoms with Gasteiger partial charge in [-0.05, 0) is 67.1 Å². The number of rotatable bonds is 3. The summed E-state index contributed by atoms with van der Waals surface area (Å²) in [5, 5.41) is 3.41.